The van der Waals surface area contributed by atoms with Gasteiger partial charge in [-0.3, -0.25) is 4.79 Å². The molecule has 1 atom stereocenters. The lowest BCUT2D eigenvalue weighted by Crippen LogP contribution is -2.36. The summed E-state index contributed by atoms with van der Waals surface area (Å²) in [4.78, 5) is 12.5. The average molecular weight is 231 g/mol. The number of nitrogens with one attached hydrogen (secondary N) is 1. The van der Waals surface area contributed by atoms with Crippen molar-refractivity contribution >= 4 is 5.78 Å². The predicted octanol–water partition coefficient (Wildman–Crippen LogP) is 3.02. The molecule has 17 heavy (non-hydrogen) atoms. The lowest BCUT2D eigenvalue weighted by Gasteiger charge is -2.16. The highest BCUT2D eigenvalue weighted by molar-refractivity contribution is 6.01. The van der Waals surface area contributed by atoms with Crippen molar-refractivity contribution in [2.24, 2.45) is 0 Å². The first-order valence-corrected chi connectivity index (χ1v) is 6.54. The van der Waals surface area contributed by atoms with Gasteiger partial charge < -0.3 is 5.32 Å². The Morgan fingerprint density at radius 1 is 1.24 bits per heavy atom. The molecular formula is C15H21NO. The van der Waals surface area contributed by atoms with E-state index in [0.717, 1.165) is 30.5 Å². The van der Waals surface area contributed by atoms with Crippen molar-refractivity contribution in [1.29, 1.82) is 0 Å². The second-order valence-electron chi connectivity index (χ2n) is 4.97. The summed E-state index contributed by atoms with van der Waals surface area (Å²) >= 11 is 0. The van der Waals surface area contributed by atoms with Gasteiger partial charge >= 0.3 is 0 Å². The van der Waals surface area contributed by atoms with E-state index in [-0.39, 0.29) is 11.8 Å². The Kier molecular flexibility index (Phi) is 3.95. The van der Waals surface area contributed by atoms with Gasteiger partial charge in [0.05, 0.1) is 6.04 Å². The van der Waals surface area contributed by atoms with Crippen LogP contribution in [0.2, 0.25) is 0 Å². The van der Waals surface area contributed by atoms with Crippen LogP contribution in [0.25, 0.3) is 0 Å². The normalized spacial score (nSPS) is 20.9. The molecule has 2 rings (SSSR count). The highest BCUT2D eigenvalue weighted by Gasteiger charge is 2.22. The molecule has 1 aromatic rings. The summed E-state index contributed by atoms with van der Waals surface area (Å²) in [5.74, 6) is 0.271. The molecule has 1 N–H and O–H groups in total. The van der Waals surface area contributed by atoms with Crippen molar-refractivity contribution in [3.05, 3.63) is 34.9 Å². The van der Waals surface area contributed by atoms with E-state index in [4.69, 9.17) is 0 Å². The minimum atomic E-state index is 0.0259. The molecule has 2 nitrogen and oxygen atoms in total. The van der Waals surface area contributed by atoms with Crippen LogP contribution in [-0.4, -0.2) is 18.4 Å². The summed E-state index contributed by atoms with van der Waals surface area (Å²) in [5, 5.41) is 3.38. The number of rotatable bonds is 2. The highest BCUT2D eigenvalue weighted by atomic mass is 16.1. The van der Waals surface area contributed by atoms with Crippen LogP contribution in [0.15, 0.2) is 18.2 Å². The maximum absolute atomic E-state index is 12.5. The van der Waals surface area contributed by atoms with Crippen LogP contribution in [0.4, 0.5) is 0 Å². The first-order chi connectivity index (χ1) is 8.20. The van der Waals surface area contributed by atoms with Crippen LogP contribution in [0, 0.1) is 13.8 Å². The molecule has 1 fully saturated rings. The number of Topliss-reactive ketones (excluding diaryl/α,β-unsaturated/α-hetero) is 1. The van der Waals surface area contributed by atoms with E-state index >= 15 is 0 Å². The Morgan fingerprint density at radius 2 is 2.06 bits per heavy atom. The third kappa shape index (κ3) is 2.75. The van der Waals surface area contributed by atoms with Gasteiger partial charge in [0.15, 0.2) is 5.78 Å². The molecule has 0 aliphatic carbocycles. The van der Waals surface area contributed by atoms with Gasteiger partial charge in [-0.1, -0.05) is 31.0 Å². The minimum absolute atomic E-state index is 0.0259. The summed E-state index contributed by atoms with van der Waals surface area (Å²) < 4.78 is 0. The zero-order valence-corrected chi connectivity index (χ0v) is 10.8. The van der Waals surface area contributed by atoms with Crippen LogP contribution < -0.4 is 5.32 Å². The Hall–Kier alpha value is -1.15. The van der Waals surface area contributed by atoms with Gasteiger partial charge in [0.1, 0.15) is 0 Å². The molecule has 0 bridgehead atoms. The zero-order valence-electron chi connectivity index (χ0n) is 10.8. The van der Waals surface area contributed by atoms with Crippen LogP contribution in [0.5, 0.6) is 0 Å². The van der Waals surface area contributed by atoms with Crippen LogP contribution in [0.1, 0.15) is 47.2 Å². The standard InChI is InChI=1S/C15H21NO/c1-11-7-6-8-13(12(11)2)15(17)14-9-4-3-5-10-16-14/h6-8,14,16H,3-5,9-10H2,1-2H3. The average Bonchev–Trinajstić information content (AvgIpc) is 2.60. The van der Waals surface area contributed by atoms with Crippen molar-refractivity contribution in [3.8, 4) is 0 Å². The fourth-order valence-corrected chi connectivity index (χ4v) is 2.46. The van der Waals surface area contributed by atoms with Gasteiger partial charge in [0.2, 0.25) is 0 Å². The first-order valence-electron chi connectivity index (χ1n) is 6.54. The molecule has 0 amide bonds. The number of hydrogen-bond acceptors (Lipinski definition) is 2. The maximum Gasteiger partial charge on any atom is 0.179 e. The van der Waals surface area contributed by atoms with Crippen molar-refractivity contribution < 1.29 is 4.79 Å². The Morgan fingerprint density at radius 3 is 2.88 bits per heavy atom. The van der Waals surface area contributed by atoms with E-state index in [1.807, 2.05) is 19.1 Å². The predicted molar refractivity (Wildman–Crippen MR) is 70.5 cm³/mol. The first kappa shape index (κ1) is 12.3. The third-order valence-corrected chi connectivity index (χ3v) is 3.75. The lowest BCUT2D eigenvalue weighted by molar-refractivity contribution is 0.0940. The molecule has 1 saturated heterocycles. The number of benzene rings is 1. The summed E-state index contributed by atoms with van der Waals surface area (Å²) in [5.41, 5.74) is 3.22. The minimum Gasteiger partial charge on any atom is -0.307 e. The molecule has 92 valence electrons. The van der Waals surface area contributed by atoms with Crippen molar-refractivity contribution in [2.45, 2.75) is 45.6 Å². The number of hydrogen-bond donors (Lipinski definition) is 1. The molecule has 0 aromatic heterocycles. The van der Waals surface area contributed by atoms with E-state index in [9.17, 15) is 4.79 Å². The molecule has 0 spiro atoms. The van der Waals surface area contributed by atoms with Gasteiger partial charge in [-0.05, 0) is 44.4 Å². The Labute approximate surface area is 103 Å². The van der Waals surface area contributed by atoms with Gasteiger partial charge in [-0.25, -0.2) is 0 Å². The Bertz CT molecular complexity index is 403. The largest absolute Gasteiger partial charge is 0.307 e. The zero-order chi connectivity index (χ0) is 12.3. The van der Waals surface area contributed by atoms with Crippen LogP contribution >= 0.6 is 0 Å². The second kappa shape index (κ2) is 5.46. The van der Waals surface area contributed by atoms with Crippen molar-refractivity contribution in [1.82, 2.24) is 5.32 Å². The number of aryl methyl sites for hydroxylation is 1. The maximum atomic E-state index is 12.5. The van der Waals surface area contributed by atoms with E-state index in [1.165, 1.54) is 18.4 Å². The van der Waals surface area contributed by atoms with Gasteiger partial charge in [-0.2, -0.15) is 0 Å². The molecule has 1 aliphatic heterocycles. The number of carbonyl (C=O) groups is 1. The third-order valence-electron chi connectivity index (χ3n) is 3.75. The molecule has 1 heterocycles. The smallest absolute Gasteiger partial charge is 0.179 e. The fourth-order valence-electron chi connectivity index (χ4n) is 2.46. The van der Waals surface area contributed by atoms with E-state index in [0.29, 0.717) is 0 Å². The van der Waals surface area contributed by atoms with Crippen LogP contribution in [0.3, 0.4) is 0 Å². The molecule has 1 aromatic carbocycles. The SMILES string of the molecule is Cc1cccc(C(=O)C2CCCCCN2)c1C. The molecule has 1 aliphatic rings. The molecule has 0 saturated carbocycles. The van der Waals surface area contributed by atoms with E-state index < -0.39 is 0 Å². The van der Waals surface area contributed by atoms with Crippen molar-refractivity contribution in [3.63, 3.8) is 0 Å². The molecule has 1 unspecified atom stereocenters. The monoisotopic (exact) mass is 231 g/mol. The lowest BCUT2D eigenvalue weighted by atomic mass is 9.94. The van der Waals surface area contributed by atoms with E-state index in [2.05, 4.69) is 18.3 Å². The van der Waals surface area contributed by atoms with Crippen molar-refractivity contribution in [2.75, 3.05) is 6.54 Å². The molecule has 2 heteroatoms. The Balaban J connectivity index is 2.20. The van der Waals surface area contributed by atoms with Crippen LogP contribution in [-0.2, 0) is 0 Å². The summed E-state index contributed by atoms with van der Waals surface area (Å²) in [6, 6.07) is 6.02. The molecule has 0 radical (unpaired) electrons. The quantitative estimate of drug-likeness (QED) is 0.793. The van der Waals surface area contributed by atoms with E-state index in [1.54, 1.807) is 0 Å². The summed E-state index contributed by atoms with van der Waals surface area (Å²) in [6.45, 7) is 5.08. The van der Waals surface area contributed by atoms with Gasteiger partial charge in [-0.15, -0.1) is 0 Å². The molecular weight excluding hydrogens is 210 g/mol. The summed E-state index contributed by atoms with van der Waals surface area (Å²) in [7, 11) is 0. The highest BCUT2D eigenvalue weighted by Crippen LogP contribution is 2.18. The number of carbonyl (C=O) groups excluding carboxylic acids is 1. The fraction of sp³-hybridized carbons (Fsp3) is 0.533. The van der Waals surface area contributed by atoms with Gasteiger partial charge in [0.25, 0.3) is 0 Å². The number of ketones is 1. The second-order valence-corrected chi connectivity index (χ2v) is 4.97. The van der Waals surface area contributed by atoms with Gasteiger partial charge in [0, 0.05) is 5.56 Å². The summed E-state index contributed by atoms with van der Waals surface area (Å²) in [6.07, 6.45) is 4.57. The topological polar surface area (TPSA) is 29.1 Å².